The largest absolute Gasteiger partial charge is 0.494 e. The third-order valence-electron chi connectivity index (χ3n) is 5.35. The highest BCUT2D eigenvalue weighted by molar-refractivity contribution is 5.92. The van der Waals surface area contributed by atoms with Gasteiger partial charge in [0.15, 0.2) is 0 Å². The summed E-state index contributed by atoms with van der Waals surface area (Å²) in [4.78, 5) is 24.9. The number of unbranched alkanes of at least 4 members (excludes halogenated alkanes) is 4. The van der Waals surface area contributed by atoms with Gasteiger partial charge >= 0.3 is 11.9 Å². The molecule has 0 aliphatic rings. The van der Waals surface area contributed by atoms with Crippen molar-refractivity contribution in [2.75, 3.05) is 13.2 Å². The molecule has 0 saturated carbocycles. The fourth-order valence-electron chi connectivity index (χ4n) is 3.42. The zero-order chi connectivity index (χ0) is 24.0. The summed E-state index contributed by atoms with van der Waals surface area (Å²) >= 11 is 0. The molecule has 0 atom stereocenters. The molecule has 0 bridgehead atoms. The lowest BCUT2D eigenvalue weighted by Gasteiger charge is -2.09. The van der Waals surface area contributed by atoms with Crippen molar-refractivity contribution >= 4 is 11.9 Å². The maximum absolute atomic E-state index is 12.5. The van der Waals surface area contributed by atoms with Crippen molar-refractivity contribution < 1.29 is 23.8 Å². The minimum absolute atomic E-state index is 0.278. The zero-order valence-corrected chi connectivity index (χ0v) is 19.7. The van der Waals surface area contributed by atoms with Gasteiger partial charge in [0.1, 0.15) is 11.5 Å². The monoisotopic (exact) mass is 460 g/mol. The second kappa shape index (κ2) is 13.8. The summed E-state index contributed by atoms with van der Waals surface area (Å²) in [5.41, 5.74) is 1.84. The van der Waals surface area contributed by atoms with E-state index >= 15 is 0 Å². The van der Waals surface area contributed by atoms with E-state index < -0.39 is 11.9 Å². The van der Waals surface area contributed by atoms with Crippen molar-refractivity contribution in [3.05, 3.63) is 95.6 Å². The highest BCUT2D eigenvalue weighted by Gasteiger charge is 2.12. The molecule has 0 spiro atoms. The van der Waals surface area contributed by atoms with E-state index in [4.69, 9.17) is 14.2 Å². The van der Waals surface area contributed by atoms with E-state index in [9.17, 15) is 9.59 Å². The van der Waals surface area contributed by atoms with Crippen molar-refractivity contribution in [1.29, 1.82) is 0 Å². The molecule has 0 amide bonds. The molecule has 5 nitrogen and oxygen atoms in total. The average molecular weight is 461 g/mol. The van der Waals surface area contributed by atoms with Gasteiger partial charge in [-0.1, -0.05) is 69.0 Å². The Hall–Kier alpha value is -3.60. The Bertz CT molecular complexity index is 1030. The van der Waals surface area contributed by atoms with E-state index in [0.29, 0.717) is 24.2 Å². The van der Waals surface area contributed by atoms with Crippen LogP contribution in [0.3, 0.4) is 0 Å². The number of ether oxygens (including phenoxy) is 3. The lowest BCUT2D eigenvalue weighted by Crippen LogP contribution is -2.11. The lowest BCUT2D eigenvalue weighted by molar-refractivity contribution is 0.0507. The normalized spacial score (nSPS) is 10.5. The summed E-state index contributed by atoms with van der Waals surface area (Å²) in [5, 5.41) is 0. The van der Waals surface area contributed by atoms with Gasteiger partial charge in [0, 0.05) is 6.42 Å². The van der Waals surface area contributed by atoms with Crippen molar-refractivity contribution in [2.45, 2.75) is 45.4 Å². The van der Waals surface area contributed by atoms with Gasteiger partial charge in [-0.2, -0.15) is 0 Å². The molecule has 178 valence electrons. The molecule has 0 aromatic heterocycles. The number of esters is 2. The van der Waals surface area contributed by atoms with Crippen molar-refractivity contribution in [3.63, 3.8) is 0 Å². The minimum atomic E-state index is -0.499. The summed E-state index contributed by atoms with van der Waals surface area (Å²) in [6.07, 6.45) is 6.54. The Morgan fingerprint density at radius 3 is 2.21 bits per heavy atom. The highest BCUT2D eigenvalue weighted by Crippen LogP contribution is 2.18. The number of rotatable bonds is 13. The fraction of sp³-hybridized carbons (Fsp3) is 0.310. The zero-order valence-electron chi connectivity index (χ0n) is 19.7. The molecule has 0 aliphatic heterocycles. The van der Waals surface area contributed by atoms with E-state index in [1.165, 1.54) is 25.3 Å². The third-order valence-corrected chi connectivity index (χ3v) is 5.35. The molecule has 0 saturated heterocycles. The number of benzene rings is 3. The summed E-state index contributed by atoms with van der Waals surface area (Å²) in [5.74, 6) is 0.0629. The van der Waals surface area contributed by atoms with E-state index in [-0.39, 0.29) is 12.4 Å². The summed E-state index contributed by atoms with van der Waals surface area (Å²) in [6, 6.07) is 23.1. The summed E-state index contributed by atoms with van der Waals surface area (Å²) in [6.45, 7) is 3.14. The topological polar surface area (TPSA) is 61.8 Å². The molecule has 0 radical (unpaired) electrons. The predicted molar refractivity (Wildman–Crippen MR) is 133 cm³/mol. The van der Waals surface area contributed by atoms with Gasteiger partial charge in [-0.05, 0) is 54.4 Å². The van der Waals surface area contributed by atoms with Crippen molar-refractivity contribution in [2.24, 2.45) is 0 Å². The van der Waals surface area contributed by atoms with Gasteiger partial charge in [-0.25, -0.2) is 9.59 Å². The Morgan fingerprint density at radius 1 is 0.676 bits per heavy atom. The molecular weight excluding hydrogens is 428 g/mol. The number of carbonyl (C=O) groups excluding carboxylic acids is 2. The number of hydrogen-bond donors (Lipinski definition) is 0. The Kier molecular flexibility index (Phi) is 10.2. The van der Waals surface area contributed by atoms with Crippen LogP contribution in [0.25, 0.3) is 0 Å². The van der Waals surface area contributed by atoms with Gasteiger partial charge in [-0.3, -0.25) is 0 Å². The van der Waals surface area contributed by atoms with Crippen molar-refractivity contribution in [3.8, 4) is 11.5 Å². The standard InChI is InChI=1S/C29H32O5/c1-2-3-4-5-9-20-32-26-17-15-24(16-18-26)29(31)34-27-14-10-13-25(22-27)28(30)33-21-19-23-11-7-6-8-12-23/h6-8,10-18,22H,2-5,9,19-21H2,1H3. The average Bonchev–Trinajstić information content (AvgIpc) is 2.87. The van der Waals surface area contributed by atoms with Gasteiger partial charge in [0.2, 0.25) is 0 Å². The molecule has 3 aromatic rings. The first-order valence-electron chi connectivity index (χ1n) is 11.9. The summed E-state index contributed by atoms with van der Waals surface area (Å²) in [7, 11) is 0. The Morgan fingerprint density at radius 2 is 1.44 bits per heavy atom. The Labute approximate surface area is 201 Å². The first-order chi connectivity index (χ1) is 16.7. The molecule has 0 unspecified atom stereocenters. The molecule has 0 fully saturated rings. The van der Waals surface area contributed by atoms with Crippen LogP contribution in [0.4, 0.5) is 0 Å². The van der Waals surface area contributed by atoms with Crippen LogP contribution in [0.2, 0.25) is 0 Å². The van der Waals surface area contributed by atoms with Crippen LogP contribution in [0.1, 0.15) is 65.3 Å². The first-order valence-corrected chi connectivity index (χ1v) is 11.9. The molecule has 0 aliphatic carbocycles. The molecule has 3 rings (SSSR count). The molecule has 0 heterocycles. The van der Waals surface area contributed by atoms with E-state index in [1.807, 2.05) is 30.3 Å². The van der Waals surface area contributed by atoms with Crippen molar-refractivity contribution in [1.82, 2.24) is 0 Å². The summed E-state index contributed by atoms with van der Waals surface area (Å²) < 4.78 is 16.5. The lowest BCUT2D eigenvalue weighted by atomic mass is 10.2. The van der Waals surface area contributed by atoms with Crippen LogP contribution >= 0.6 is 0 Å². The first kappa shape index (κ1) is 25.0. The van der Waals surface area contributed by atoms with Gasteiger partial charge in [0.05, 0.1) is 24.3 Å². The fourth-order valence-corrected chi connectivity index (χ4v) is 3.42. The maximum Gasteiger partial charge on any atom is 0.343 e. The predicted octanol–water partition coefficient (Wildman–Crippen LogP) is 6.65. The van der Waals surface area contributed by atoms with E-state index in [1.54, 1.807) is 42.5 Å². The van der Waals surface area contributed by atoms with Crippen LogP contribution in [-0.2, 0) is 11.2 Å². The molecule has 5 heteroatoms. The SMILES string of the molecule is CCCCCCCOc1ccc(C(=O)Oc2cccc(C(=O)OCCc3ccccc3)c2)cc1. The second-order valence-electron chi connectivity index (χ2n) is 8.08. The van der Waals surface area contributed by atoms with Gasteiger partial charge in [0.25, 0.3) is 0 Å². The Balaban J connectivity index is 1.46. The molecule has 0 N–H and O–H groups in total. The van der Waals surface area contributed by atoms with E-state index in [2.05, 4.69) is 6.92 Å². The van der Waals surface area contributed by atoms with E-state index in [0.717, 1.165) is 24.2 Å². The number of hydrogen-bond acceptors (Lipinski definition) is 5. The second-order valence-corrected chi connectivity index (χ2v) is 8.08. The van der Waals surface area contributed by atoms with Crippen LogP contribution < -0.4 is 9.47 Å². The molecule has 34 heavy (non-hydrogen) atoms. The minimum Gasteiger partial charge on any atom is -0.494 e. The maximum atomic E-state index is 12.5. The van der Waals surface area contributed by atoms with Crippen LogP contribution in [-0.4, -0.2) is 25.2 Å². The van der Waals surface area contributed by atoms with Gasteiger partial charge < -0.3 is 14.2 Å². The smallest absolute Gasteiger partial charge is 0.343 e. The number of carbonyl (C=O) groups is 2. The molecular formula is C29H32O5. The van der Waals surface area contributed by atoms with Gasteiger partial charge in [-0.15, -0.1) is 0 Å². The van der Waals surface area contributed by atoms with Crippen LogP contribution in [0, 0.1) is 0 Å². The quantitative estimate of drug-likeness (QED) is 0.162. The van der Waals surface area contributed by atoms with Crippen LogP contribution in [0.15, 0.2) is 78.9 Å². The molecule has 3 aromatic carbocycles. The highest BCUT2D eigenvalue weighted by atomic mass is 16.5. The van der Waals surface area contributed by atoms with Crippen LogP contribution in [0.5, 0.6) is 11.5 Å². The third kappa shape index (κ3) is 8.39.